The number of ether oxygens (including phenoxy) is 6. The lowest BCUT2D eigenvalue weighted by atomic mass is 9.82. The van der Waals surface area contributed by atoms with E-state index in [9.17, 15) is 9.59 Å². The van der Waals surface area contributed by atoms with E-state index in [1.54, 1.807) is 6.07 Å². The third kappa shape index (κ3) is 19.5. The van der Waals surface area contributed by atoms with Crippen LogP contribution in [0.3, 0.4) is 0 Å². The summed E-state index contributed by atoms with van der Waals surface area (Å²) in [5.74, 6) is 0.240. The van der Waals surface area contributed by atoms with Crippen LogP contribution >= 0.6 is 46.4 Å². The van der Waals surface area contributed by atoms with Crippen LogP contribution in [0.25, 0.3) is 10.9 Å². The Bertz CT molecular complexity index is 2710. The highest BCUT2D eigenvalue weighted by Gasteiger charge is 2.30. The molecule has 2 aliphatic heterocycles. The number of urea groups is 2. The minimum absolute atomic E-state index is 0.0851. The van der Waals surface area contributed by atoms with Gasteiger partial charge in [0.2, 0.25) is 0 Å². The van der Waals surface area contributed by atoms with Gasteiger partial charge in [-0.15, -0.1) is 0 Å². The number of benzene rings is 3. The minimum atomic E-state index is -0.271. The van der Waals surface area contributed by atoms with Gasteiger partial charge < -0.3 is 70.2 Å². The van der Waals surface area contributed by atoms with Gasteiger partial charge in [0, 0.05) is 114 Å². The molecule has 424 valence electrons. The van der Waals surface area contributed by atoms with Gasteiger partial charge in [0.1, 0.15) is 0 Å². The monoisotopic (exact) mass is 1150 g/mol. The van der Waals surface area contributed by atoms with Crippen LogP contribution in [0, 0.1) is 5.41 Å². The van der Waals surface area contributed by atoms with Gasteiger partial charge >= 0.3 is 12.1 Å². The third-order valence-electron chi connectivity index (χ3n) is 13.3. The molecule has 3 aromatic carbocycles. The molecule has 0 radical (unpaired) electrons. The average Bonchev–Trinajstić information content (AvgIpc) is 3.88. The SMILES string of the molecule is CN1Cc2c(Cl)cc(Cl)cc2C(C2=CC(=N)/C(=C\NCCOCCOCCOCCNC(=O)NCCCCNC(=O)NCCOCCOCCOCCn3cc4ccc(C5CN(C)Cc6c(Cl)cc(Cl)cc65)cc4n3)C=C2)C1. The molecule has 0 bridgehead atoms. The van der Waals surface area contributed by atoms with Crippen LogP contribution in [0.15, 0.2) is 84.2 Å². The summed E-state index contributed by atoms with van der Waals surface area (Å²) in [4.78, 5) is 28.7. The number of hydrogen-bond donors (Lipinski definition) is 6. The topological polar surface area (TPSA) is 198 Å². The first-order valence-corrected chi connectivity index (χ1v) is 28.1. The molecule has 4 amide bonds. The number of halogens is 4. The molecule has 78 heavy (non-hydrogen) atoms. The molecule has 0 saturated carbocycles. The predicted molar refractivity (Wildman–Crippen MR) is 308 cm³/mol. The first-order chi connectivity index (χ1) is 37.9. The molecule has 2 unspecified atom stereocenters. The first-order valence-electron chi connectivity index (χ1n) is 26.6. The standard InChI is InChI=1S/C56H74Cl4N10O8/c1-68-35-47(45-29-43(57)31-51(59)49(45)37-68)39-5-7-41(53(61)27-39)33-62-11-15-73-19-23-77-24-20-74-16-12-65-55(71)63-9-3-4-10-64-56(72)66-13-17-75-21-25-78-26-22-76-18-14-70-34-42-8-6-40(28-54(42)67-70)48-36-69(2)38-50-46(48)30-44(58)32-52(50)60/h5-8,27-34,47-48,61-62H,3-4,9-26,35-38H2,1-2H3,(H2,63,65,71)(H2,64,66,72)/b41-33-,61-53?. The van der Waals surface area contributed by atoms with E-state index in [0.717, 1.165) is 64.9 Å². The van der Waals surface area contributed by atoms with Crippen molar-refractivity contribution in [2.75, 3.05) is 139 Å². The molecule has 4 aromatic rings. The summed E-state index contributed by atoms with van der Waals surface area (Å²) in [6, 6.07) is 13.6. The van der Waals surface area contributed by atoms with Gasteiger partial charge in [-0.3, -0.25) is 4.68 Å². The van der Waals surface area contributed by atoms with E-state index >= 15 is 0 Å². The van der Waals surface area contributed by atoms with Crippen molar-refractivity contribution < 1.29 is 38.0 Å². The van der Waals surface area contributed by atoms with E-state index in [1.165, 1.54) is 11.1 Å². The Labute approximate surface area is 477 Å². The van der Waals surface area contributed by atoms with Crippen molar-refractivity contribution in [1.82, 2.24) is 46.2 Å². The Morgan fingerprint density at radius 3 is 1.69 bits per heavy atom. The predicted octanol–water partition coefficient (Wildman–Crippen LogP) is 7.92. The molecular formula is C56H74Cl4N10O8. The molecule has 7 rings (SSSR count). The van der Waals surface area contributed by atoms with Gasteiger partial charge in [-0.05, 0) is 96.7 Å². The number of unbranched alkanes of at least 4 members (excludes halogenated alkanes) is 1. The Kier molecular flexibility index (Phi) is 25.3. The maximum atomic E-state index is 12.1. The van der Waals surface area contributed by atoms with Crippen molar-refractivity contribution in [2.45, 2.75) is 44.3 Å². The zero-order valence-corrected chi connectivity index (χ0v) is 47.6. The number of amides is 4. The van der Waals surface area contributed by atoms with Crippen molar-refractivity contribution in [2.24, 2.45) is 0 Å². The van der Waals surface area contributed by atoms with E-state index in [0.29, 0.717) is 157 Å². The molecule has 6 N–H and O–H groups in total. The lowest BCUT2D eigenvalue weighted by molar-refractivity contribution is 0.0136. The second-order valence-electron chi connectivity index (χ2n) is 19.3. The van der Waals surface area contributed by atoms with Gasteiger partial charge in [-0.25, -0.2) is 9.59 Å². The summed E-state index contributed by atoms with van der Waals surface area (Å²) in [5.41, 5.74) is 8.94. The summed E-state index contributed by atoms with van der Waals surface area (Å²) in [6.07, 6.45) is 11.3. The molecule has 0 saturated heterocycles. The minimum Gasteiger partial charge on any atom is -0.388 e. The number of allylic oxidation sites excluding steroid dienone is 4. The molecule has 3 heterocycles. The molecule has 3 aliphatic rings. The molecule has 18 nitrogen and oxygen atoms in total. The van der Waals surface area contributed by atoms with Gasteiger partial charge in [-0.2, -0.15) is 5.10 Å². The number of rotatable bonds is 32. The van der Waals surface area contributed by atoms with Crippen LogP contribution in [0.4, 0.5) is 9.59 Å². The molecule has 22 heteroatoms. The largest absolute Gasteiger partial charge is 0.388 e. The number of fused-ring (bicyclic) bond motifs is 3. The first kappa shape index (κ1) is 60.8. The van der Waals surface area contributed by atoms with Crippen molar-refractivity contribution in [3.8, 4) is 0 Å². The van der Waals surface area contributed by atoms with E-state index in [1.807, 2.05) is 47.4 Å². The Morgan fingerprint density at radius 1 is 0.628 bits per heavy atom. The molecule has 2 atom stereocenters. The highest BCUT2D eigenvalue weighted by Crippen LogP contribution is 2.41. The van der Waals surface area contributed by atoms with Crippen LogP contribution < -0.4 is 26.6 Å². The second-order valence-corrected chi connectivity index (χ2v) is 21.0. The lowest BCUT2D eigenvalue weighted by Crippen LogP contribution is -2.39. The van der Waals surface area contributed by atoms with E-state index < -0.39 is 0 Å². The van der Waals surface area contributed by atoms with Crippen LogP contribution in [-0.2, 0) is 48.1 Å². The lowest BCUT2D eigenvalue weighted by Gasteiger charge is -2.34. The molecular weight excluding hydrogens is 1080 g/mol. The maximum absolute atomic E-state index is 12.1. The fourth-order valence-corrected chi connectivity index (χ4v) is 10.5. The Morgan fingerprint density at radius 2 is 1.13 bits per heavy atom. The van der Waals surface area contributed by atoms with Gasteiger partial charge in [0.25, 0.3) is 0 Å². The zero-order chi connectivity index (χ0) is 55.1. The molecule has 0 fully saturated rings. The fraction of sp³-hybridized carbons (Fsp3) is 0.500. The van der Waals surface area contributed by atoms with Crippen molar-refractivity contribution >= 4 is 75.1 Å². The number of hydrogen-bond acceptors (Lipinski definition) is 13. The number of aromatic nitrogens is 2. The summed E-state index contributed by atoms with van der Waals surface area (Å²) in [5, 5.41) is 31.5. The summed E-state index contributed by atoms with van der Waals surface area (Å²) < 4.78 is 35.6. The number of nitrogens with one attached hydrogen (secondary N) is 6. The van der Waals surface area contributed by atoms with E-state index in [4.69, 9.17) is 85.3 Å². The van der Waals surface area contributed by atoms with Gasteiger partial charge in [0.15, 0.2) is 0 Å². The fourth-order valence-electron chi connectivity index (χ4n) is 9.40. The summed E-state index contributed by atoms with van der Waals surface area (Å²) in [6.45, 7) is 11.4. The smallest absolute Gasteiger partial charge is 0.314 e. The zero-order valence-electron chi connectivity index (χ0n) is 44.6. The summed E-state index contributed by atoms with van der Waals surface area (Å²) >= 11 is 25.9. The Hall–Kier alpha value is -4.80. The molecule has 0 spiro atoms. The highest BCUT2D eigenvalue weighted by molar-refractivity contribution is 6.35. The van der Waals surface area contributed by atoms with E-state index in [-0.39, 0.29) is 23.9 Å². The summed E-state index contributed by atoms with van der Waals surface area (Å²) in [7, 11) is 4.18. The van der Waals surface area contributed by atoms with Gasteiger partial charge in [-0.1, -0.05) is 70.7 Å². The second kappa shape index (κ2) is 32.5. The van der Waals surface area contributed by atoms with Crippen LogP contribution in [0.5, 0.6) is 0 Å². The molecule has 1 aliphatic carbocycles. The van der Waals surface area contributed by atoms with Gasteiger partial charge in [0.05, 0.1) is 97.1 Å². The average molecular weight is 1160 g/mol. The van der Waals surface area contributed by atoms with Crippen molar-refractivity contribution in [3.05, 3.63) is 132 Å². The normalized spacial score (nSPS) is 17.0. The van der Waals surface area contributed by atoms with Crippen molar-refractivity contribution in [1.29, 1.82) is 5.41 Å². The van der Waals surface area contributed by atoms with Crippen LogP contribution in [-0.4, -0.2) is 177 Å². The quantitative estimate of drug-likeness (QED) is 0.0259. The third-order valence-corrected chi connectivity index (χ3v) is 14.4. The van der Waals surface area contributed by atoms with Crippen molar-refractivity contribution in [3.63, 3.8) is 0 Å². The van der Waals surface area contributed by atoms with Crippen LogP contribution in [0.2, 0.25) is 20.1 Å². The molecule has 1 aromatic heterocycles. The highest BCUT2D eigenvalue weighted by atomic mass is 35.5. The number of carbonyl (C=O) groups excluding carboxylic acids is 2. The van der Waals surface area contributed by atoms with Crippen LogP contribution in [0.1, 0.15) is 52.5 Å². The number of carbonyl (C=O) groups is 2. The number of nitrogens with zero attached hydrogens (tertiary/aromatic N) is 4. The number of likely N-dealkylation sites (N-methyl/N-ethyl adjacent to an activating group) is 2. The van der Waals surface area contributed by atoms with E-state index in [2.05, 4.69) is 74.8 Å². The Balaban J connectivity index is 0.589. The maximum Gasteiger partial charge on any atom is 0.314 e.